The monoisotopic (exact) mass is 265 g/mol. The van der Waals surface area contributed by atoms with Crippen molar-refractivity contribution in [1.29, 1.82) is 0 Å². The summed E-state index contributed by atoms with van der Waals surface area (Å²) in [6.45, 7) is -2.13. The Morgan fingerprint density at radius 2 is 2.06 bits per heavy atom. The van der Waals surface area contributed by atoms with E-state index in [1.807, 2.05) is 0 Å². The molecule has 0 radical (unpaired) electrons. The fraction of sp³-hybridized carbons (Fsp3) is 0.300. The van der Waals surface area contributed by atoms with Crippen LogP contribution in [0.15, 0.2) is 18.2 Å². The molecule has 0 unspecified atom stereocenters. The number of halogens is 3. The lowest BCUT2D eigenvalue weighted by molar-refractivity contribution is -0.186. The first-order valence-electron chi connectivity index (χ1n) is 4.70. The standard InChI is InChI=1S/C10H10F3NO4/c11-10(12,13)4-17-5-18-8-3-6(9(15)16)1-2-7(8)14/h1-3H,4-5,14H2,(H,15,16). The Kier molecular flexibility index (Phi) is 4.38. The molecule has 1 aromatic rings. The summed E-state index contributed by atoms with van der Waals surface area (Å²) in [6, 6.07) is 3.64. The number of alkyl halides is 3. The third-order valence-corrected chi connectivity index (χ3v) is 1.82. The maximum absolute atomic E-state index is 11.7. The predicted octanol–water partition coefficient (Wildman–Crippen LogP) is 1.88. The lowest BCUT2D eigenvalue weighted by Gasteiger charge is -2.11. The van der Waals surface area contributed by atoms with Gasteiger partial charge in [-0.15, -0.1) is 0 Å². The molecule has 0 spiro atoms. The van der Waals surface area contributed by atoms with Crippen LogP contribution in [-0.4, -0.2) is 30.7 Å². The van der Waals surface area contributed by atoms with Crippen LogP contribution in [0.5, 0.6) is 5.75 Å². The van der Waals surface area contributed by atoms with Gasteiger partial charge in [-0.05, 0) is 18.2 Å². The molecule has 18 heavy (non-hydrogen) atoms. The molecule has 0 saturated carbocycles. The van der Waals surface area contributed by atoms with Gasteiger partial charge in [-0.3, -0.25) is 0 Å². The number of carboxylic acids is 1. The summed E-state index contributed by atoms with van der Waals surface area (Å²) in [4.78, 5) is 10.6. The van der Waals surface area contributed by atoms with Crippen molar-refractivity contribution < 1.29 is 32.5 Å². The highest BCUT2D eigenvalue weighted by Crippen LogP contribution is 2.23. The van der Waals surface area contributed by atoms with Gasteiger partial charge in [0.05, 0.1) is 11.3 Å². The van der Waals surface area contributed by atoms with Gasteiger partial charge in [-0.1, -0.05) is 0 Å². The Balaban J connectivity index is 2.56. The minimum absolute atomic E-state index is 0.0444. The lowest BCUT2D eigenvalue weighted by Crippen LogP contribution is -2.19. The molecule has 3 N–H and O–H groups in total. The third kappa shape index (κ3) is 4.50. The van der Waals surface area contributed by atoms with Gasteiger partial charge in [0.2, 0.25) is 0 Å². The number of carboxylic acid groups (broad SMARTS) is 1. The highest BCUT2D eigenvalue weighted by molar-refractivity contribution is 5.89. The Hall–Kier alpha value is -1.96. The minimum Gasteiger partial charge on any atom is -0.478 e. The van der Waals surface area contributed by atoms with E-state index in [2.05, 4.69) is 4.74 Å². The SMILES string of the molecule is Nc1ccc(C(=O)O)cc1OCOCC(F)(F)F. The normalized spacial score (nSPS) is 11.3. The second kappa shape index (κ2) is 5.58. The summed E-state index contributed by atoms with van der Waals surface area (Å²) in [5.41, 5.74) is 5.48. The van der Waals surface area contributed by atoms with Gasteiger partial charge in [-0.25, -0.2) is 4.79 Å². The number of ether oxygens (including phenoxy) is 2. The molecule has 0 bridgehead atoms. The first kappa shape index (κ1) is 14.1. The van der Waals surface area contributed by atoms with Crippen LogP contribution >= 0.6 is 0 Å². The molecule has 0 aliphatic rings. The molecule has 5 nitrogen and oxygen atoms in total. The van der Waals surface area contributed by atoms with E-state index in [-0.39, 0.29) is 17.0 Å². The van der Waals surface area contributed by atoms with Gasteiger partial charge in [0.15, 0.2) is 6.79 Å². The number of hydrogen-bond donors (Lipinski definition) is 2. The molecule has 0 aromatic heterocycles. The number of nitrogens with two attached hydrogens (primary N) is 1. The maximum Gasteiger partial charge on any atom is 0.411 e. The average Bonchev–Trinajstić information content (AvgIpc) is 2.24. The van der Waals surface area contributed by atoms with Crippen molar-refractivity contribution in [3.63, 3.8) is 0 Å². The van der Waals surface area contributed by atoms with Crippen molar-refractivity contribution in [2.75, 3.05) is 19.1 Å². The molecule has 8 heteroatoms. The molecule has 0 fully saturated rings. The van der Waals surface area contributed by atoms with Crippen molar-refractivity contribution in [3.05, 3.63) is 23.8 Å². The Morgan fingerprint density at radius 3 is 2.61 bits per heavy atom. The van der Waals surface area contributed by atoms with Gasteiger partial charge >= 0.3 is 12.1 Å². The number of carbonyl (C=O) groups is 1. The van der Waals surface area contributed by atoms with Crippen LogP contribution in [0, 0.1) is 0 Å². The lowest BCUT2D eigenvalue weighted by atomic mass is 10.2. The molecule has 0 heterocycles. The predicted molar refractivity (Wildman–Crippen MR) is 55.3 cm³/mol. The number of anilines is 1. The summed E-state index contributed by atoms with van der Waals surface area (Å²) in [6.07, 6.45) is -4.45. The van der Waals surface area contributed by atoms with Crippen LogP contribution in [0.3, 0.4) is 0 Å². The van der Waals surface area contributed by atoms with E-state index in [9.17, 15) is 18.0 Å². The third-order valence-electron chi connectivity index (χ3n) is 1.82. The fourth-order valence-corrected chi connectivity index (χ4v) is 1.05. The van der Waals surface area contributed by atoms with Crippen molar-refractivity contribution in [2.45, 2.75) is 6.18 Å². The number of rotatable bonds is 5. The van der Waals surface area contributed by atoms with Gasteiger partial charge in [0, 0.05) is 0 Å². The molecule has 1 aromatic carbocycles. The van der Waals surface area contributed by atoms with Gasteiger partial charge in [-0.2, -0.15) is 13.2 Å². The van der Waals surface area contributed by atoms with Gasteiger partial charge in [0.1, 0.15) is 12.4 Å². The van der Waals surface area contributed by atoms with Crippen LogP contribution < -0.4 is 10.5 Å². The van der Waals surface area contributed by atoms with E-state index in [0.717, 1.165) is 6.07 Å². The Morgan fingerprint density at radius 1 is 1.39 bits per heavy atom. The number of nitrogen functional groups attached to an aromatic ring is 1. The highest BCUT2D eigenvalue weighted by Gasteiger charge is 2.27. The van der Waals surface area contributed by atoms with Crippen molar-refractivity contribution in [3.8, 4) is 5.75 Å². The molecule has 0 atom stereocenters. The van der Waals surface area contributed by atoms with Crippen LogP contribution in [0.1, 0.15) is 10.4 Å². The Bertz CT molecular complexity index is 434. The summed E-state index contributed by atoms with van der Waals surface area (Å²) < 4.78 is 44.3. The second-order valence-corrected chi connectivity index (χ2v) is 3.28. The van der Waals surface area contributed by atoms with Crippen molar-refractivity contribution >= 4 is 11.7 Å². The first-order chi connectivity index (χ1) is 8.29. The number of benzene rings is 1. The molecule has 0 aliphatic heterocycles. The van der Waals surface area contributed by atoms with Crippen molar-refractivity contribution in [2.24, 2.45) is 0 Å². The van der Waals surface area contributed by atoms with E-state index < -0.39 is 25.5 Å². The number of aromatic carboxylic acids is 1. The molecule has 1 rings (SSSR count). The largest absolute Gasteiger partial charge is 0.478 e. The molecule has 100 valence electrons. The van der Waals surface area contributed by atoms with E-state index in [1.54, 1.807) is 0 Å². The summed E-state index contributed by atoms with van der Waals surface area (Å²) in [7, 11) is 0. The molecule has 0 saturated heterocycles. The average molecular weight is 265 g/mol. The van der Waals surface area contributed by atoms with E-state index in [1.165, 1.54) is 12.1 Å². The quantitative estimate of drug-likeness (QED) is 0.482. The zero-order chi connectivity index (χ0) is 13.8. The molecule has 0 aliphatic carbocycles. The summed E-state index contributed by atoms with van der Waals surface area (Å²) in [5.74, 6) is -1.24. The summed E-state index contributed by atoms with van der Waals surface area (Å²) in [5, 5.41) is 8.70. The Labute approximate surface area is 99.9 Å². The van der Waals surface area contributed by atoms with Gasteiger partial charge in [0.25, 0.3) is 0 Å². The fourth-order valence-electron chi connectivity index (χ4n) is 1.05. The van der Waals surface area contributed by atoms with Crippen LogP contribution in [0.4, 0.5) is 18.9 Å². The smallest absolute Gasteiger partial charge is 0.411 e. The van der Waals surface area contributed by atoms with Gasteiger partial charge < -0.3 is 20.3 Å². The number of hydrogen-bond acceptors (Lipinski definition) is 4. The van der Waals surface area contributed by atoms with Crippen LogP contribution in [0.2, 0.25) is 0 Å². The van der Waals surface area contributed by atoms with Crippen LogP contribution in [0.25, 0.3) is 0 Å². The minimum atomic E-state index is -4.45. The molecular weight excluding hydrogens is 255 g/mol. The summed E-state index contributed by atoms with van der Waals surface area (Å²) >= 11 is 0. The van der Waals surface area contributed by atoms with E-state index >= 15 is 0 Å². The maximum atomic E-state index is 11.7. The second-order valence-electron chi connectivity index (χ2n) is 3.28. The van der Waals surface area contributed by atoms with Crippen molar-refractivity contribution in [1.82, 2.24) is 0 Å². The zero-order valence-corrected chi connectivity index (χ0v) is 9.03. The van der Waals surface area contributed by atoms with E-state index in [4.69, 9.17) is 15.6 Å². The van der Waals surface area contributed by atoms with E-state index in [0.29, 0.717) is 0 Å². The molecular formula is C10H10F3NO4. The van der Waals surface area contributed by atoms with Crippen LogP contribution in [-0.2, 0) is 4.74 Å². The topological polar surface area (TPSA) is 81.8 Å². The zero-order valence-electron chi connectivity index (χ0n) is 9.03. The highest BCUT2D eigenvalue weighted by atomic mass is 19.4. The first-order valence-corrected chi connectivity index (χ1v) is 4.70. The molecule has 0 amide bonds.